The van der Waals surface area contributed by atoms with Crippen LogP contribution in [-0.2, 0) is 4.74 Å². The van der Waals surface area contributed by atoms with Gasteiger partial charge >= 0.3 is 0 Å². The Hall–Kier alpha value is -1.17. The van der Waals surface area contributed by atoms with Crippen molar-refractivity contribution in [3.8, 4) is 5.75 Å². The van der Waals surface area contributed by atoms with Gasteiger partial charge in [-0.2, -0.15) is 0 Å². The minimum absolute atomic E-state index is 0.0563. The third-order valence-electron chi connectivity index (χ3n) is 2.52. The Bertz CT molecular complexity index is 374. The zero-order chi connectivity index (χ0) is 14.8. The molecule has 1 aromatic carbocycles. The number of halogens is 1. The first-order chi connectivity index (χ1) is 9.59. The quantitative estimate of drug-likeness (QED) is 0.644. The van der Waals surface area contributed by atoms with E-state index in [1.54, 1.807) is 12.1 Å². The van der Waals surface area contributed by atoms with Crippen molar-refractivity contribution in [1.29, 1.82) is 0 Å². The molecule has 1 unspecified atom stereocenters. The average Bonchev–Trinajstić information content (AvgIpc) is 2.41. The van der Waals surface area contributed by atoms with Crippen molar-refractivity contribution in [1.82, 2.24) is 5.32 Å². The van der Waals surface area contributed by atoms with Crippen LogP contribution >= 0.6 is 0 Å². The second kappa shape index (κ2) is 9.69. The topological polar surface area (TPSA) is 50.7 Å². The van der Waals surface area contributed by atoms with E-state index in [0.717, 1.165) is 6.61 Å². The van der Waals surface area contributed by atoms with Gasteiger partial charge in [0.15, 0.2) is 11.6 Å². The number of ether oxygens (including phenoxy) is 2. The molecule has 0 fully saturated rings. The lowest BCUT2D eigenvalue weighted by Crippen LogP contribution is -2.33. The van der Waals surface area contributed by atoms with Gasteiger partial charge in [-0.3, -0.25) is 0 Å². The molecule has 0 saturated heterocycles. The molecule has 0 amide bonds. The zero-order valence-electron chi connectivity index (χ0n) is 12.1. The van der Waals surface area contributed by atoms with E-state index < -0.39 is 11.9 Å². The molecular weight excluding hydrogens is 261 g/mol. The predicted molar refractivity (Wildman–Crippen MR) is 76.4 cm³/mol. The molecule has 0 saturated carbocycles. The molecule has 0 aliphatic heterocycles. The molecule has 20 heavy (non-hydrogen) atoms. The van der Waals surface area contributed by atoms with Crippen LogP contribution in [-0.4, -0.2) is 44.1 Å². The number of aliphatic hydroxyl groups is 1. The Balaban J connectivity index is 2.06. The van der Waals surface area contributed by atoms with Gasteiger partial charge in [-0.15, -0.1) is 0 Å². The lowest BCUT2D eigenvalue weighted by Gasteiger charge is -2.14. The molecule has 2 N–H and O–H groups in total. The molecule has 114 valence electrons. The molecule has 0 bridgehead atoms. The SMILES string of the molecule is CC(C)COCCNCC(O)COc1ccccc1F. The molecule has 5 heteroatoms. The Kier molecular flexibility index (Phi) is 8.18. The number of rotatable bonds is 10. The number of benzene rings is 1. The van der Waals surface area contributed by atoms with Crippen LogP contribution in [0.3, 0.4) is 0 Å². The van der Waals surface area contributed by atoms with Gasteiger partial charge in [0.25, 0.3) is 0 Å². The summed E-state index contributed by atoms with van der Waals surface area (Å²) in [6.45, 7) is 6.65. The fourth-order valence-electron chi connectivity index (χ4n) is 1.54. The standard InChI is InChI=1S/C15H24FNO3/c1-12(2)10-19-8-7-17-9-13(18)11-20-15-6-4-3-5-14(15)16/h3-6,12-13,17-18H,7-11H2,1-2H3. The molecule has 4 nitrogen and oxygen atoms in total. The molecule has 1 atom stereocenters. The van der Waals surface area contributed by atoms with Crippen LogP contribution < -0.4 is 10.1 Å². The van der Waals surface area contributed by atoms with Crippen LogP contribution in [0.5, 0.6) is 5.75 Å². The van der Waals surface area contributed by atoms with Gasteiger partial charge in [0, 0.05) is 19.7 Å². The molecule has 1 rings (SSSR count). The van der Waals surface area contributed by atoms with Gasteiger partial charge in [-0.1, -0.05) is 26.0 Å². The highest BCUT2D eigenvalue weighted by molar-refractivity contribution is 5.23. The van der Waals surface area contributed by atoms with Crippen LogP contribution in [0.25, 0.3) is 0 Å². The summed E-state index contributed by atoms with van der Waals surface area (Å²) < 4.78 is 23.9. The second-order valence-corrected chi connectivity index (χ2v) is 5.07. The summed E-state index contributed by atoms with van der Waals surface area (Å²) in [6.07, 6.45) is -0.681. The number of hydrogen-bond acceptors (Lipinski definition) is 4. The third kappa shape index (κ3) is 7.43. The highest BCUT2D eigenvalue weighted by atomic mass is 19.1. The van der Waals surface area contributed by atoms with E-state index in [9.17, 15) is 9.50 Å². The first-order valence-electron chi connectivity index (χ1n) is 6.93. The van der Waals surface area contributed by atoms with Crippen LogP contribution in [0.4, 0.5) is 4.39 Å². The molecular formula is C15H24FNO3. The van der Waals surface area contributed by atoms with Gasteiger partial charge in [-0.05, 0) is 18.1 Å². The summed E-state index contributed by atoms with van der Waals surface area (Å²) in [6, 6.07) is 6.15. The highest BCUT2D eigenvalue weighted by Gasteiger charge is 2.07. The van der Waals surface area contributed by atoms with Crippen LogP contribution in [0.15, 0.2) is 24.3 Å². The van der Waals surface area contributed by atoms with Crippen molar-refractivity contribution in [3.05, 3.63) is 30.1 Å². The monoisotopic (exact) mass is 285 g/mol. The van der Waals surface area contributed by atoms with Crippen LogP contribution in [0, 0.1) is 11.7 Å². The maximum absolute atomic E-state index is 13.3. The first kappa shape index (κ1) is 16.9. The zero-order valence-corrected chi connectivity index (χ0v) is 12.1. The Morgan fingerprint density at radius 2 is 2.00 bits per heavy atom. The summed E-state index contributed by atoms with van der Waals surface area (Å²) in [5, 5.41) is 12.8. The second-order valence-electron chi connectivity index (χ2n) is 5.07. The largest absolute Gasteiger partial charge is 0.488 e. The van der Waals surface area contributed by atoms with Gasteiger partial charge in [0.05, 0.1) is 6.61 Å². The number of aliphatic hydroxyl groups excluding tert-OH is 1. The van der Waals surface area contributed by atoms with Crippen LogP contribution in [0.2, 0.25) is 0 Å². The third-order valence-corrected chi connectivity index (χ3v) is 2.52. The number of para-hydroxylation sites is 1. The molecule has 0 radical (unpaired) electrons. The lowest BCUT2D eigenvalue weighted by molar-refractivity contribution is 0.0913. The maximum atomic E-state index is 13.3. The van der Waals surface area contributed by atoms with E-state index in [0.29, 0.717) is 25.6 Å². The smallest absolute Gasteiger partial charge is 0.165 e. The van der Waals surface area contributed by atoms with Crippen molar-refractivity contribution in [2.24, 2.45) is 5.92 Å². The van der Waals surface area contributed by atoms with Gasteiger partial charge in [0.2, 0.25) is 0 Å². The Morgan fingerprint density at radius 1 is 1.25 bits per heavy atom. The lowest BCUT2D eigenvalue weighted by atomic mass is 10.2. The van der Waals surface area contributed by atoms with Gasteiger partial charge in [-0.25, -0.2) is 4.39 Å². The maximum Gasteiger partial charge on any atom is 0.165 e. The average molecular weight is 285 g/mol. The molecule has 0 spiro atoms. The molecule has 0 aliphatic rings. The Morgan fingerprint density at radius 3 is 2.70 bits per heavy atom. The van der Waals surface area contributed by atoms with E-state index in [2.05, 4.69) is 19.2 Å². The van der Waals surface area contributed by atoms with Crippen molar-refractivity contribution in [2.45, 2.75) is 20.0 Å². The number of nitrogens with one attached hydrogen (secondary N) is 1. The van der Waals surface area contributed by atoms with Gasteiger partial charge < -0.3 is 19.9 Å². The van der Waals surface area contributed by atoms with E-state index in [1.165, 1.54) is 12.1 Å². The minimum atomic E-state index is -0.681. The summed E-state index contributed by atoms with van der Waals surface area (Å²) in [5.74, 6) is 0.260. The minimum Gasteiger partial charge on any atom is -0.488 e. The van der Waals surface area contributed by atoms with Crippen molar-refractivity contribution in [2.75, 3.05) is 32.9 Å². The summed E-state index contributed by atoms with van der Waals surface area (Å²) >= 11 is 0. The van der Waals surface area contributed by atoms with Crippen molar-refractivity contribution in [3.63, 3.8) is 0 Å². The molecule has 0 aromatic heterocycles. The van der Waals surface area contributed by atoms with Gasteiger partial charge in [0.1, 0.15) is 12.7 Å². The van der Waals surface area contributed by atoms with E-state index in [4.69, 9.17) is 9.47 Å². The fourth-order valence-corrected chi connectivity index (χ4v) is 1.54. The van der Waals surface area contributed by atoms with E-state index in [1.807, 2.05) is 0 Å². The summed E-state index contributed by atoms with van der Waals surface area (Å²) in [7, 11) is 0. The van der Waals surface area contributed by atoms with E-state index >= 15 is 0 Å². The molecule has 0 heterocycles. The molecule has 0 aliphatic carbocycles. The number of hydrogen-bond donors (Lipinski definition) is 2. The van der Waals surface area contributed by atoms with E-state index in [-0.39, 0.29) is 12.4 Å². The first-order valence-corrected chi connectivity index (χ1v) is 6.93. The summed E-state index contributed by atoms with van der Waals surface area (Å²) in [4.78, 5) is 0. The Labute approximate surface area is 119 Å². The predicted octanol–water partition coefficient (Wildman–Crippen LogP) is 1.83. The van der Waals surface area contributed by atoms with Crippen molar-refractivity contribution < 1.29 is 19.0 Å². The normalized spacial score (nSPS) is 12.7. The van der Waals surface area contributed by atoms with Crippen molar-refractivity contribution >= 4 is 0 Å². The van der Waals surface area contributed by atoms with Crippen LogP contribution in [0.1, 0.15) is 13.8 Å². The summed E-state index contributed by atoms with van der Waals surface area (Å²) in [5.41, 5.74) is 0. The highest BCUT2D eigenvalue weighted by Crippen LogP contribution is 2.15. The molecule has 1 aromatic rings. The fraction of sp³-hybridized carbons (Fsp3) is 0.600.